The Morgan fingerprint density at radius 2 is 2.10 bits per heavy atom. The van der Waals surface area contributed by atoms with Gasteiger partial charge in [0.1, 0.15) is 6.04 Å². The molecule has 0 saturated carbocycles. The summed E-state index contributed by atoms with van der Waals surface area (Å²) in [5.74, 6) is -0.955. The van der Waals surface area contributed by atoms with Crippen LogP contribution in [0.3, 0.4) is 0 Å². The van der Waals surface area contributed by atoms with Crippen molar-refractivity contribution in [3.8, 4) is 0 Å². The largest absolute Gasteiger partial charge is 0.480 e. The van der Waals surface area contributed by atoms with E-state index in [1.807, 2.05) is 0 Å². The highest BCUT2D eigenvalue weighted by molar-refractivity contribution is 5.85. The number of aliphatic carboxylic acids is 1. The van der Waals surface area contributed by atoms with Crippen molar-refractivity contribution in [2.24, 2.45) is 11.5 Å². The van der Waals surface area contributed by atoms with E-state index in [4.69, 9.17) is 16.6 Å². The average molecular weight is 176 g/mol. The van der Waals surface area contributed by atoms with Crippen LogP contribution in [0.5, 0.6) is 0 Å². The fourth-order valence-corrected chi connectivity index (χ4v) is 0.461. The molecule has 1 atom stereocenters. The molecule has 0 saturated heterocycles. The first kappa shape index (κ1) is 12.4. The van der Waals surface area contributed by atoms with Crippen LogP contribution in [0.1, 0.15) is 12.8 Å². The van der Waals surface area contributed by atoms with E-state index in [2.05, 4.69) is 0 Å². The number of hydrogen-bond donors (Lipinski definition) is 3. The highest BCUT2D eigenvalue weighted by Gasteiger charge is 2.08. The van der Waals surface area contributed by atoms with Crippen molar-refractivity contribution in [3.63, 3.8) is 0 Å². The van der Waals surface area contributed by atoms with Crippen LogP contribution in [0.2, 0.25) is 0 Å². The summed E-state index contributed by atoms with van der Waals surface area (Å²) in [7, 11) is 0. The molecule has 0 rings (SSSR count). The Morgan fingerprint density at radius 3 is 2.40 bits per heavy atom. The molecule has 0 aliphatic rings. The minimum absolute atomic E-state index is 0. The minimum atomic E-state index is -0.955. The molecule has 62 valence electrons. The van der Waals surface area contributed by atoms with Gasteiger partial charge in [0.2, 0.25) is 0 Å². The molecule has 0 radical (unpaired) electrons. The monoisotopic (exact) mass is 175 g/mol. The molecule has 0 fully saturated rings. The minimum Gasteiger partial charge on any atom is -0.480 e. The number of halogens is 1. The predicted molar refractivity (Wildman–Crippen MR) is 41.1 cm³/mol. The van der Waals surface area contributed by atoms with Crippen molar-refractivity contribution in [1.82, 2.24) is 0 Å². The summed E-state index contributed by atoms with van der Waals surface area (Å²) in [4.78, 5) is 10.0. The van der Waals surface area contributed by atoms with Crippen LogP contribution < -0.4 is 11.5 Å². The number of carbonyl (C=O) groups is 1. The van der Waals surface area contributed by atoms with Crippen molar-refractivity contribution in [2.45, 2.75) is 18.9 Å². The van der Waals surface area contributed by atoms with E-state index in [1.165, 1.54) is 0 Å². The zero-order chi connectivity index (χ0) is 7.28. The Morgan fingerprint density at radius 1 is 1.60 bits per heavy atom. The van der Waals surface area contributed by atoms with Gasteiger partial charge in [-0.3, -0.25) is 4.79 Å². The van der Waals surface area contributed by atoms with Gasteiger partial charge in [0.05, 0.1) is 0 Å². The van der Waals surface area contributed by atoms with E-state index >= 15 is 0 Å². The lowest BCUT2D eigenvalue weighted by atomic mass is 11.1. The third-order valence-electron chi connectivity index (χ3n) is 1.04. The van der Waals surface area contributed by atoms with Crippen LogP contribution in [0.15, 0.2) is 0 Å². The lowest BCUT2D eigenvalue weighted by molar-refractivity contribution is -0.138. The number of hydrogen-bond acceptors (Lipinski definition) is 3. The van der Waals surface area contributed by atoms with Gasteiger partial charge in [0, 0.05) is 0 Å². The molecule has 0 unspecified atom stereocenters. The van der Waals surface area contributed by atoms with Crippen LogP contribution >= 0.6 is 12.4 Å². The van der Waals surface area contributed by atoms with Crippen molar-refractivity contribution in [1.29, 1.82) is 0 Å². The van der Waals surface area contributed by atoms with Crippen LogP contribution in [-0.2, 0) is 4.79 Å². The summed E-state index contributed by atoms with van der Waals surface area (Å²) >= 11 is 0. The van der Waals surface area contributed by atoms with E-state index in [9.17, 15) is 4.79 Å². The average Bonchev–Trinajstić information content (AvgIpc) is 1.82. The molecule has 0 spiro atoms. The lowest BCUT2D eigenvalue weighted by Crippen LogP contribution is -2.30. The fraction of sp³-hybridized carbons (Fsp3) is 0.800. The van der Waals surface area contributed by atoms with E-state index in [0.717, 1.165) is 0 Å². The molecule has 0 aromatic carbocycles. The molecule has 0 aromatic heterocycles. The zero-order valence-electron chi connectivity index (χ0n) is 5.62. The molecular weight excluding hydrogens is 162 g/mol. The van der Waals surface area contributed by atoms with Crippen molar-refractivity contribution < 1.29 is 9.90 Å². The first-order valence-electron chi connectivity index (χ1n) is 2.87. The molecule has 5 N–H and O–H groups in total. The number of carboxylic acids is 1. The van der Waals surface area contributed by atoms with Crippen LogP contribution in [0.4, 0.5) is 0 Å². The molecule has 0 aliphatic heterocycles. The Labute approximate surface area is 66.0 Å². The van der Waals surface area contributed by atoms with Gasteiger partial charge in [-0.25, -0.2) is 0 Å². The normalized spacial score (nSPS) is 11.8. The van der Waals surface area contributed by atoms with Gasteiger partial charge in [-0.1, -0.05) is 0 Å². The quantitative estimate of drug-likeness (QED) is 0.399. The molecule has 0 heterocycles. The van der Waals surface area contributed by atoms with E-state index in [0.29, 0.717) is 19.4 Å². The number of nitrogens with two attached hydrogens (primary N) is 2. The summed E-state index contributed by atoms with van der Waals surface area (Å²) in [6.07, 6.45) is 1.14. The number of rotatable bonds is 4. The van der Waals surface area contributed by atoms with Crippen LogP contribution in [0.25, 0.3) is 0 Å². The second kappa shape index (κ2) is 6.80. The maximum absolute atomic E-state index is 10.0. The standard InChI is InChI=1S/C5H12N2O2.ClH/c6-3-1-2-4(7)5(8)9;/h4H,1-3,6-7H2,(H,8,9);1H/t4-;/m1./s1/i1+1,2+1,3+1,4+1,5+1,6+1,7+1;. The Bertz CT molecular complexity index is 99.6. The first-order chi connectivity index (χ1) is 4.18. The molecule has 10 heavy (non-hydrogen) atoms. The highest BCUT2D eigenvalue weighted by Crippen LogP contribution is 1.91. The summed E-state index contributed by atoms with van der Waals surface area (Å²) in [6, 6.07) is -0.742. The Kier molecular flexibility index (Phi) is 8.40. The third-order valence-corrected chi connectivity index (χ3v) is 1.04. The highest BCUT2D eigenvalue weighted by atomic mass is 35.5. The molecule has 0 aromatic rings. The van der Waals surface area contributed by atoms with Crippen LogP contribution in [-0.4, -0.2) is 23.7 Å². The van der Waals surface area contributed by atoms with Crippen molar-refractivity contribution >= 4 is 18.4 Å². The van der Waals surface area contributed by atoms with Gasteiger partial charge in [0.25, 0.3) is 0 Å². The summed E-state index contributed by atoms with van der Waals surface area (Å²) < 4.78 is 0. The maximum atomic E-state index is 10.0. The molecular formula is C5H13ClN2O2. The SMILES string of the molecule is Cl.[15NH2][13CH2][13CH2][13CH2][13C@@H]([15NH2])[13C](=O)O. The van der Waals surface area contributed by atoms with E-state index < -0.39 is 12.0 Å². The third kappa shape index (κ3) is 5.81. The lowest BCUT2D eigenvalue weighted by Gasteiger charge is -2.02. The van der Waals surface area contributed by atoms with Crippen molar-refractivity contribution in [2.75, 3.05) is 6.54 Å². The Balaban J connectivity index is 0. The smallest absolute Gasteiger partial charge is 0.320 e. The van der Waals surface area contributed by atoms with E-state index in [1.54, 1.807) is 0 Å². The van der Waals surface area contributed by atoms with Gasteiger partial charge in [-0.2, -0.15) is 0 Å². The second-order valence-electron chi connectivity index (χ2n) is 1.88. The van der Waals surface area contributed by atoms with Gasteiger partial charge in [-0.15, -0.1) is 12.4 Å². The molecule has 5 heteroatoms. The first-order valence-corrected chi connectivity index (χ1v) is 2.87. The van der Waals surface area contributed by atoms with Gasteiger partial charge in [-0.05, 0) is 19.4 Å². The van der Waals surface area contributed by atoms with Gasteiger partial charge >= 0.3 is 5.97 Å². The molecule has 0 amide bonds. The summed E-state index contributed by atoms with van der Waals surface area (Å²) in [5.41, 5.74) is 10.3. The molecule has 4 nitrogen and oxygen atoms in total. The maximum Gasteiger partial charge on any atom is 0.320 e. The number of carboxylic acid groups (broad SMARTS) is 1. The topological polar surface area (TPSA) is 89.3 Å². The zero-order valence-corrected chi connectivity index (χ0v) is 6.43. The van der Waals surface area contributed by atoms with Gasteiger partial charge < -0.3 is 16.6 Å². The second-order valence-corrected chi connectivity index (χ2v) is 1.88. The van der Waals surface area contributed by atoms with Crippen molar-refractivity contribution in [3.05, 3.63) is 0 Å². The summed E-state index contributed by atoms with van der Waals surface area (Å²) in [5, 5.41) is 8.24. The van der Waals surface area contributed by atoms with E-state index in [-0.39, 0.29) is 12.4 Å². The summed E-state index contributed by atoms with van der Waals surface area (Å²) in [6.45, 7) is 0.501. The van der Waals surface area contributed by atoms with Gasteiger partial charge in [0.15, 0.2) is 0 Å². The predicted octanol–water partition coefficient (Wildman–Crippen LogP) is -0.441. The Hall–Kier alpha value is -0.320. The molecule has 0 aliphatic carbocycles. The molecule has 0 bridgehead atoms. The fourth-order valence-electron chi connectivity index (χ4n) is 0.461. The van der Waals surface area contributed by atoms with Crippen LogP contribution in [0, 0.1) is 0 Å².